The maximum absolute atomic E-state index is 15.0. The summed E-state index contributed by atoms with van der Waals surface area (Å²) in [6, 6.07) is 0. The Kier molecular flexibility index (Phi) is 4.71. The van der Waals surface area contributed by atoms with Crippen molar-refractivity contribution in [1.82, 2.24) is 0 Å². The number of aliphatic hydroxyl groups excluding tert-OH is 1. The highest BCUT2D eigenvalue weighted by molar-refractivity contribution is 6.00. The van der Waals surface area contributed by atoms with Gasteiger partial charge in [-0.15, -0.1) is 0 Å². The lowest BCUT2D eigenvalue weighted by Crippen LogP contribution is -2.79. The number of allylic oxidation sites excluding steroid dienone is 1. The predicted octanol–water partition coefficient (Wildman–Crippen LogP) is 0.767. The van der Waals surface area contributed by atoms with Crippen LogP contribution in [0.1, 0.15) is 59.8 Å². The van der Waals surface area contributed by atoms with E-state index >= 15 is 4.79 Å². The lowest BCUT2D eigenvalue weighted by molar-refractivity contribution is -0.383. The highest BCUT2D eigenvalue weighted by Gasteiger charge is 2.93. The van der Waals surface area contributed by atoms with Crippen LogP contribution in [0.25, 0.3) is 0 Å². The second-order valence-corrected chi connectivity index (χ2v) is 14.2. The van der Waals surface area contributed by atoms with Gasteiger partial charge in [-0.25, -0.2) is 4.79 Å². The van der Waals surface area contributed by atoms with Crippen molar-refractivity contribution >= 4 is 23.5 Å². The Balaban J connectivity index is 1.41. The fraction of sp³-hybridized carbons (Fsp3) is 0.800. The molecule has 2 saturated carbocycles. The SMILES string of the molecule is CCOC12CC=CC(=O)C1(C)C1CCC3(O)C(=O)OC4(C)C5CC6(C)C(COC7(OC34C6C7=O)C1CC2O)C(=O)O5. The molecule has 0 amide bonds. The Hall–Kier alpha value is -2.18. The molecule has 11 nitrogen and oxygen atoms in total. The van der Waals surface area contributed by atoms with E-state index in [4.69, 9.17) is 23.7 Å². The Morgan fingerprint density at radius 2 is 1.88 bits per heavy atom. The zero-order chi connectivity index (χ0) is 29.2. The number of ether oxygens (including phenoxy) is 5. The number of fused-ring (bicyclic) bond motifs is 5. The number of hydrogen-bond acceptors (Lipinski definition) is 11. The molecular formula is C30H36O11. The van der Waals surface area contributed by atoms with E-state index in [1.165, 1.54) is 6.08 Å². The normalized spacial score (nSPS) is 59.6. The van der Waals surface area contributed by atoms with Gasteiger partial charge in [0.1, 0.15) is 11.7 Å². The first kappa shape index (κ1) is 26.4. The quantitative estimate of drug-likeness (QED) is 0.451. The molecule has 0 radical (unpaired) electrons. The highest BCUT2D eigenvalue weighted by Crippen LogP contribution is 2.75. The van der Waals surface area contributed by atoms with Crippen LogP contribution in [-0.2, 0) is 42.9 Å². The van der Waals surface area contributed by atoms with E-state index in [1.807, 2.05) is 6.92 Å². The summed E-state index contributed by atoms with van der Waals surface area (Å²) in [7, 11) is 0. The van der Waals surface area contributed by atoms with Gasteiger partial charge in [-0.3, -0.25) is 14.4 Å². The molecule has 7 fully saturated rings. The average Bonchev–Trinajstić information content (AvgIpc) is 3.23. The van der Waals surface area contributed by atoms with Gasteiger partial charge in [-0.2, -0.15) is 0 Å². The van der Waals surface area contributed by atoms with Gasteiger partial charge in [0.25, 0.3) is 0 Å². The minimum atomic E-state index is -2.28. The number of ketones is 2. The van der Waals surface area contributed by atoms with Crippen LogP contribution in [0.15, 0.2) is 12.2 Å². The summed E-state index contributed by atoms with van der Waals surface area (Å²) in [4.78, 5) is 56.2. The number of hydrogen-bond donors (Lipinski definition) is 2. The van der Waals surface area contributed by atoms with Crippen molar-refractivity contribution in [2.24, 2.45) is 34.5 Å². The first-order valence-electron chi connectivity index (χ1n) is 14.8. The number of aliphatic hydroxyl groups is 2. The smallest absolute Gasteiger partial charge is 0.342 e. The van der Waals surface area contributed by atoms with Crippen LogP contribution in [0.5, 0.6) is 0 Å². The predicted molar refractivity (Wildman–Crippen MR) is 135 cm³/mol. The molecule has 8 rings (SSSR count). The standard InChI is InChI=1S/C30H36O11/c1-5-37-28-9-6-7-17(31)25(28,3)14-8-10-27(36)23(35)40-26(4)19-12-24(2)16(22(34)39-19)13-38-29(15(14)11-18(28)32)21(33)20(24)30(26,27)41-29/h6-7,14-16,18-20,32,36H,5,8-13H2,1-4H3. The maximum Gasteiger partial charge on any atom is 0.342 e. The first-order valence-corrected chi connectivity index (χ1v) is 14.8. The molecule has 3 aliphatic carbocycles. The molecule has 13 atom stereocenters. The number of carbonyl (C=O) groups excluding carboxylic acids is 4. The van der Waals surface area contributed by atoms with E-state index in [1.54, 1.807) is 26.8 Å². The van der Waals surface area contributed by atoms with E-state index in [0.717, 1.165) is 0 Å². The minimum Gasteiger partial charge on any atom is -0.458 e. The number of Topliss-reactive ketones (excluding diaryl/α,β-unsaturated/α-hetero) is 1. The van der Waals surface area contributed by atoms with Crippen molar-refractivity contribution in [3.05, 3.63) is 12.2 Å². The summed E-state index contributed by atoms with van der Waals surface area (Å²) in [5.74, 6) is -7.77. The maximum atomic E-state index is 15.0. The molecule has 13 unspecified atom stereocenters. The summed E-state index contributed by atoms with van der Waals surface area (Å²) in [5.41, 5.74) is -9.51. The van der Waals surface area contributed by atoms with E-state index < -0.39 is 92.6 Å². The van der Waals surface area contributed by atoms with Crippen LogP contribution in [0.2, 0.25) is 0 Å². The van der Waals surface area contributed by atoms with Crippen molar-refractivity contribution in [2.45, 2.75) is 100 Å². The summed E-state index contributed by atoms with van der Waals surface area (Å²) >= 11 is 0. The van der Waals surface area contributed by atoms with E-state index in [9.17, 15) is 24.6 Å². The Labute approximate surface area is 236 Å². The van der Waals surface area contributed by atoms with Crippen LogP contribution in [-0.4, -0.2) is 87.3 Å². The fourth-order valence-corrected chi connectivity index (χ4v) is 11.1. The average molecular weight is 573 g/mol. The van der Waals surface area contributed by atoms with Gasteiger partial charge in [-0.05, 0) is 70.3 Å². The van der Waals surface area contributed by atoms with Gasteiger partial charge >= 0.3 is 11.9 Å². The van der Waals surface area contributed by atoms with Crippen LogP contribution >= 0.6 is 0 Å². The van der Waals surface area contributed by atoms with Gasteiger partial charge < -0.3 is 33.9 Å². The largest absolute Gasteiger partial charge is 0.458 e. The monoisotopic (exact) mass is 572 g/mol. The highest BCUT2D eigenvalue weighted by atomic mass is 16.8. The van der Waals surface area contributed by atoms with Gasteiger partial charge in [0.15, 0.2) is 28.4 Å². The van der Waals surface area contributed by atoms with Crippen molar-refractivity contribution in [3.63, 3.8) is 0 Å². The van der Waals surface area contributed by atoms with Gasteiger partial charge in [0.2, 0.25) is 5.79 Å². The topological polar surface area (TPSA) is 155 Å². The molecule has 0 aromatic heterocycles. The van der Waals surface area contributed by atoms with Crippen molar-refractivity contribution in [2.75, 3.05) is 13.2 Å². The third-order valence-electron chi connectivity index (χ3n) is 13.1. The molecule has 8 aliphatic rings. The van der Waals surface area contributed by atoms with E-state index in [0.29, 0.717) is 0 Å². The second-order valence-electron chi connectivity index (χ2n) is 14.2. The summed E-state index contributed by atoms with van der Waals surface area (Å²) in [5, 5.41) is 24.4. The Morgan fingerprint density at radius 1 is 1.12 bits per heavy atom. The summed E-state index contributed by atoms with van der Waals surface area (Å²) in [6.07, 6.45) is 1.61. The lowest BCUT2D eigenvalue weighted by Gasteiger charge is -2.64. The summed E-state index contributed by atoms with van der Waals surface area (Å²) < 4.78 is 31.5. The van der Waals surface area contributed by atoms with Crippen LogP contribution in [0.4, 0.5) is 0 Å². The Morgan fingerprint density at radius 3 is 2.61 bits per heavy atom. The fourth-order valence-electron chi connectivity index (χ4n) is 11.1. The molecule has 2 spiro atoms. The third kappa shape index (κ3) is 2.35. The molecule has 2 N–H and O–H groups in total. The second kappa shape index (κ2) is 7.30. The van der Waals surface area contributed by atoms with Crippen molar-refractivity contribution in [1.29, 1.82) is 0 Å². The minimum absolute atomic E-state index is 0.0229. The van der Waals surface area contributed by atoms with Gasteiger partial charge in [-0.1, -0.05) is 13.0 Å². The molecule has 5 aliphatic heterocycles. The molecule has 5 saturated heterocycles. The van der Waals surface area contributed by atoms with Crippen molar-refractivity contribution in [3.8, 4) is 0 Å². The molecule has 5 heterocycles. The molecule has 41 heavy (non-hydrogen) atoms. The van der Waals surface area contributed by atoms with Crippen LogP contribution in [0, 0.1) is 34.5 Å². The Bertz CT molecular complexity index is 1360. The molecule has 0 aromatic carbocycles. The zero-order valence-electron chi connectivity index (χ0n) is 23.6. The van der Waals surface area contributed by atoms with E-state index in [-0.39, 0.29) is 51.1 Å². The first-order chi connectivity index (χ1) is 19.2. The summed E-state index contributed by atoms with van der Waals surface area (Å²) in [6.45, 7) is 7.00. The molecule has 5 bridgehead atoms. The third-order valence-corrected chi connectivity index (χ3v) is 13.1. The number of carbonyl (C=O) groups is 4. The molecule has 222 valence electrons. The van der Waals surface area contributed by atoms with Crippen LogP contribution in [0.3, 0.4) is 0 Å². The zero-order valence-corrected chi connectivity index (χ0v) is 23.6. The number of esters is 2. The molecular weight excluding hydrogens is 536 g/mol. The molecule has 0 aromatic rings. The number of rotatable bonds is 2. The molecule has 11 heteroatoms. The van der Waals surface area contributed by atoms with E-state index in [2.05, 4.69) is 0 Å². The van der Waals surface area contributed by atoms with Crippen LogP contribution < -0.4 is 0 Å². The van der Waals surface area contributed by atoms with Crippen molar-refractivity contribution < 1.29 is 53.1 Å². The van der Waals surface area contributed by atoms with Gasteiger partial charge in [0, 0.05) is 12.5 Å². The lowest BCUT2D eigenvalue weighted by atomic mass is 9.46. The van der Waals surface area contributed by atoms with Gasteiger partial charge in [0.05, 0.1) is 30.0 Å².